The van der Waals surface area contributed by atoms with E-state index in [1.165, 1.54) is 6.20 Å². The first kappa shape index (κ1) is 19.5. The van der Waals surface area contributed by atoms with Crippen molar-refractivity contribution >= 4 is 10.4 Å². The normalized spacial score (nSPS) is 15.6. The second-order valence-electron chi connectivity index (χ2n) is 5.00. The van der Waals surface area contributed by atoms with Crippen LogP contribution in [0.5, 0.6) is 0 Å². The van der Waals surface area contributed by atoms with E-state index in [1.54, 1.807) is 4.90 Å². The Bertz CT molecular complexity index is 788. The summed E-state index contributed by atoms with van der Waals surface area (Å²) in [4.78, 5) is 1.76. The predicted octanol–water partition coefficient (Wildman–Crippen LogP) is 3.30. The van der Waals surface area contributed by atoms with Gasteiger partial charge in [-0.05, 0) is 37.8 Å². The molecule has 0 saturated heterocycles. The first-order valence-corrected chi connectivity index (χ1v) is 8.64. The standard InChI is InChI=1S/C16H19N3O4S/c1-5-14-11(3)16(13(9-17)10-18)12(4)15(6-2)19(14)7-8-23-24(20,21)22/h7-8H,5-6H2,1-4H3,(H,20,21,22)/b8-7+. The van der Waals surface area contributed by atoms with E-state index in [4.69, 9.17) is 4.55 Å². The SMILES string of the molecule is CCC1=C(C)C(=C(C#N)C#N)C(C)=C(CC)N1/C=C/OS(=O)(=O)O. The van der Waals surface area contributed by atoms with Crippen LogP contribution in [0.2, 0.25) is 0 Å². The summed E-state index contributed by atoms with van der Waals surface area (Å²) in [5.74, 6) is 0. The summed E-state index contributed by atoms with van der Waals surface area (Å²) in [7, 11) is -4.57. The van der Waals surface area contributed by atoms with Gasteiger partial charge < -0.3 is 9.08 Å². The molecule has 7 nitrogen and oxygen atoms in total. The van der Waals surface area contributed by atoms with Crippen LogP contribution in [0.1, 0.15) is 40.5 Å². The zero-order chi connectivity index (χ0) is 18.5. The van der Waals surface area contributed by atoms with E-state index in [9.17, 15) is 18.9 Å². The van der Waals surface area contributed by atoms with Crippen molar-refractivity contribution in [3.63, 3.8) is 0 Å². The minimum atomic E-state index is -4.57. The van der Waals surface area contributed by atoms with Gasteiger partial charge in [-0.1, -0.05) is 13.8 Å². The van der Waals surface area contributed by atoms with Crippen LogP contribution in [-0.4, -0.2) is 17.9 Å². The van der Waals surface area contributed by atoms with Crippen LogP contribution in [0.4, 0.5) is 0 Å². The van der Waals surface area contributed by atoms with E-state index in [0.717, 1.165) is 28.8 Å². The largest absolute Gasteiger partial charge is 0.445 e. The third-order valence-corrected chi connectivity index (χ3v) is 4.08. The van der Waals surface area contributed by atoms with E-state index in [-0.39, 0.29) is 5.57 Å². The molecule has 8 heteroatoms. The summed E-state index contributed by atoms with van der Waals surface area (Å²) in [5, 5.41) is 18.4. The summed E-state index contributed by atoms with van der Waals surface area (Å²) < 4.78 is 34.3. The molecule has 128 valence electrons. The van der Waals surface area contributed by atoms with Gasteiger partial charge in [0.2, 0.25) is 0 Å². The molecule has 0 unspecified atom stereocenters. The molecule has 0 aromatic heterocycles. The van der Waals surface area contributed by atoms with Crippen LogP contribution in [0.25, 0.3) is 0 Å². The molecule has 0 fully saturated rings. The fraction of sp³-hybridized carbons (Fsp3) is 0.375. The first-order chi connectivity index (χ1) is 11.2. The van der Waals surface area contributed by atoms with Crippen molar-refractivity contribution in [1.82, 2.24) is 4.90 Å². The molecule has 0 aliphatic carbocycles. The van der Waals surface area contributed by atoms with Crippen LogP contribution in [0.3, 0.4) is 0 Å². The summed E-state index contributed by atoms with van der Waals surface area (Å²) >= 11 is 0. The van der Waals surface area contributed by atoms with E-state index in [1.807, 2.05) is 39.8 Å². The van der Waals surface area contributed by atoms with Gasteiger partial charge in [-0.25, -0.2) is 0 Å². The lowest BCUT2D eigenvalue weighted by atomic mass is 9.87. The second-order valence-corrected chi connectivity index (χ2v) is 6.05. The van der Waals surface area contributed by atoms with Gasteiger partial charge in [0.05, 0.1) is 0 Å². The Morgan fingerprint density at radius 1 is 1.17 bits per heavy atom. The monoisotopic (exact) mass is 349 g/mol. The lowest BCUT2D eigenvalue weighted by molar-refractivity contribution is 0.350. The summed E-state index contributed by atoms with van der Waals surface area (Å²) in [6, 6.07) is 3.85. The number of hydrogen-bond donors (Lipinski definition) is 1. The van der Waals surface area contributed by atoms with Gasteiger partial charge in [-0.2, -0.15) is 18.9 Å². The van der Waals surface area contributed by atoms with Crippen molar-refractivity contribution in [2.75, 3.05) is 0 Å². The topological polar surface area (TPSA) is 114 Å². The Labute approximate surface area is 142 Å². The lowest BCUT2D eigenvalue weighted by Gasteiger charge is -2.34. The maximum Gasteiger partial charge on any atom is 0.445 e. The Kier molecular flexibility index (Phi) is 6.35. The average molecular weight is 349 g/mol. The van der Waals surface area contributed by atoms with Crippen LogP contribution in [0.15, 0.2) is 46.1 Å². The van der Waals surface area contributed by atoms with Gasteiger partial charge in [-0.15, -0.1) is 0 Å². The van der Waals surface area contributed by atoms with Crippen LogP contribution < -0.4 is 0 Å². The van der Waals surface area contributed by atoms with Gasteiger partial charge in [0.25, 0.3) is 0 Å². The molecule has 0 spiro atoms. The number of nitrogens with zero attached hydrogens (tertiary/aromatic N) is 3. The van der Waals surface area contributed by atoms with Crippen molar-refractivity contribution < 1.29 is 17.2 Å². The van der Waals surface area contributed by atoms with Crippen molar-refractivity contribution in [2.45, 2.75) is 40.5 Å². The van der Waals surface area contributed by atoms with E-state index in [2.05, 4.69) is 4.18 Å². The number of hydrogen-bond acceptors (Lipinski definition) is 6. The fourth-order valence-electron chi connectivity index (χ4n) is 2.81. The fourth-order valence-corrected chi connectivity index (χ4v) is 3.00. The molecule has 0 aromatic carbocycles. The molecule has 24 heavy (non-hydrogen) atoms. The van der Waals surface area contributed by atoms with Crippen LogP contribution in [0, 0.1) is 22.7 Å². The quantitative estimate of drug-likeness (QED) is 0.460. The molecule has 1 rings (SSSR count). The van der Waals surface area contributed by atoms with Gasteiger partial charge in [0.15, 0.2) is 0 Å². The van der Waals surface area contributed by atoms with Crippen LogP contribution in [-0.2, 0) is 14.6 Å². The highest BCUT2D eigenvalue weighted by molar-refractivity contribution is 7.81. The van der Waals surface area contributed by atoms with Crippen molar-refractivity contribution in [1.29, 1.82) is 10.5 Å². The number of nitriles is 2. The molecule has 0 atom stereocenters. The Balaban J connectivity index is 3.56. The molecule has 0 bridgehead atoms. The number of allylic oxidation sites excluding steroid dienone is 6. The maximum absolute atomic E-state index is 10.7. The van der Waals surface area contributed by atoms with E-state index < -0.39 is 10.4 Å². The predicted molar refractivity (Wildman–Crippen MR) is 87.8 cm³/mol. The molecule has 1 heterocycles. The van der Waals surface area contributed by atoms with E-state index in [0.29, 0.717) is 18.4 Å². The molecule has 1 N–H and O–H groups in total. The summed E-state index contributed by atoms with van der Waals surface area (Å²) in [6.07, 6.45) is 3.46. The minimum absolute atomic E-state index is 0.0414. The van der Waals surface area contributed by atoms with Crippen LogP contribution >= 0.6 is 0 Å². The van der Waals surface area contributed by atoms with Gasteiger partial charge in [-0.3, -0.25) is 4.55 Å². The van der Waals surface area contributed by atoms with Gasteiger partial charge in [0.1, 0.15) is 24.0 Å². The second kappa shape index (κ2) is 7.82. The van der Waals surface area contributed by atoms with Crippen molar-refractivity contribution in [2.24, 2.45) is 0 Å². The Morgan fingerprint density at radius 3 is 1.96 bits per heavy atom. The molecule has 0 amide bonds. The molecular formula is C16H19N3O4S. The Morgan fingerprint density at radius 2 is 1.62 bits per heavy atom. The highest BCUT2D eigenvalue weighted by Crippen LogP contribution is 2.38. The summed E-state index contributed by atoms with van der Waals surface area (Å²) in [5.41, 5.74) is 3.80. The van der Waals surface area contributed by atoms with Gasteiger partial charge >= 0.3 is 10.4 Å². The highest BCUT2D eigenvalue weighted by atomic mass is 32.3. The lowest BCUT2D eigenvalue weighted by Crippen LogP contribution is -2.24. The summed E-state index contributed by atoms with van der Waals surface area (Å²) in [6.45, 7) is 7.44. The first-order valence-electron chi connectivity index (χ1n) is 7.28. The smallest absolute Gasteiger partial charge is 0.368 e. The third kappa shape index (κ3) is 4.05. The zero-order valence-corrected chi connectivity index (χ0v) is 14.8. The maximum atomic E-state index is 10.7. The van der Waals surface area contributed by atoms with Gasteiger partial charge in [0, 0.05) is 23.2 Å². The number of rotatable bonds is 5. The van der Waals surface area contributed by atoms with Crippen molar-refractivity contribution in [3.8, 4) is 12.1 Å². The molecule has 1 aliphatic rings. The highest BCUT2D eigenvalue weighted by Gasteiger charge is 2.26. The third-order valence-electron chi connectivity index (χ3n) is 3.73. The molecule has 0 saturated carbocycles. The molecule has 0 aromatic rings. The van der Waals surface area contributed by atoms with Crippen molar-refractivity contribution in [3.05, 3.63) is 46.1 Å². The zero-order valence-electron chi connectivity index (χ0n) is 14.0. The molecule has 1 aliphatic heterocycles. The van der Waals surface area contributed by atoms with E-state index >= 15 is 0 Å². The Hall–Kier alpha value is -2.55. The average Bonchev–Trinajstić information content (AvgIpc) is 2.50. The molecular weight excluding hydrogens is 330 g/mol. The minimum Gasteiger partial charge on any atom is -0.368 e. The molecule has 0 radical (unpaired) electrons.